The molecule has 2 aromatic carbocycles. The average Bonchev–Trinajstić information content (AvgIpc) is 2.64. The molecule has 0 radical (unpaired) electrons. The van der Waals surface area contributed by atoms with Gasteiger partial charge in [0, 0.05) is 12.6 Å². The second kappa shape index (κ2) is 9.70. The van der Waals surface area contributed by atoms with Crippen molar-refractivity contribution in [3.63, 3.8) is 0 Å². The Morgan fingerprint density at radius 1 is 1.18 bits per heavy atom. The summed E-state index contributed by atoms with van der Waals surface area (Å²) >= 11 is 5.90. The van der Waals surface area contributed by atoms with Crippen molar-refractivity contribution in [1.82, 2.24) is 10.6 Å². The van der Waals surface area contributed by atoms with Crippen LogP contribution >= 0.6 is 11.6 Å². The molecule has 0 spiro atoms. The highest BCUT2D eigenvalue weighted by molar-refractivity contribution is 6.34. The highest BCUT2D eigenvalue weighted by Crippen LogP contribution is 2.25. The third-order valence-electron chi connectivity index (χ3n) is 3.58. The number of carbonyl (C=O) groups excluding carboxylic acids is 2. The molecule has 0 aliphatic carbocycles. The van der Waals surface area contributed by atoms with Gasteiger partial charge >= 0.3 is 0 Å². The Bertz CT molecular complexity index is 886. The van der Waals surface area contributed by atoms with E-state index in [9.17, 15) is 19.7 Å². The van der Waals surface area contributed by atoms with Gasteiger partial charge in [0.25, 0.3) is 11.6 Å². The molecule has 2 rings (SSSR count). The second-order valence-corrected chi connectivity index (χ2v) is 6.57. The van der Waals surface area contributed by atoms with E-state index in [2.05, 4.69) is 10.6 Å². The first-order chi connectivity index (χ1) is 13.3. The summed E-state index contributed by atoms with van der Waals surface area (Å²) in [5, 5.41) is 16.0. The van der Waals surface area contributed by atoms with E-state index < -0.39 is 22.4 Å². The van der Waals surface area contributed by atoms with Gasteiger partial charge in [0.1, 0.15) is 11.3 Å². The molecule has 2 N–H and O–H groups in total. The molecule has 0 aliphatic heterocycles. The Hall–Kier alpha value is -3.13. The van der Waals surface area contributed by atoms with E-state index in [0.717, 1.165) is 5.56 Å². The molecule has 28 heavy (non-hydrogen) atoms. The van der Waals surface area contributed by atoms with Crippen LogP contribution in [-0.4, -0.2) is 29.4 Å². The van der Waals surface area contributed by atoms with Gasteiger partial charge in [0.05, 0.1) is 22.6 Å². The smallest absolute Gasteiger partial charge is 0.283 e. The molecule has 0 atom stereocenters. The zero-order valence-electron chi connectivity index (χ0n) is 15.4. The van der Waals surface area contributed by atoms with Crippen molar-refractivity contribution in [2.24, 2.45) is 0 Å². The second-order valence-electron chi connectivity index (χ2n) is 6.16. The van der Waals surface area contributed by atoms with Gasteiger partial charge in [-0.05, 0) is 37.6 Å². The van der Waals surface area contributed by atoms with E-state index in [4.69, 9.17) is 16.3 Å². The van der Waals surface area contributed by atoms with Gasteiger partial charge in [-0.1, -0.05) is 29.8 Å². The van der Waals surface area contributed by atoms with Crippen LogP contribution in [0.2, 0.25) is 5.02 Å². The lowest BCUT2D eigenvalue weighted by atomic mass is 10.1. The van der Waals surface area contributed by atoms with Crippen LogP contribution in [0.25, 0.3) is 0 Å². The summed E-state index contributed by atoms with van der Waals surface area (Å²) in [6.07, 6.45) is 0.0360. The van der Waals surface area contributed by atoms with Gasteiger partial charge in [0.2, 0.25) is 5.91 Å². The molecule has 0 aromatic heterocycles. The molecule has 2 aromatic rings. The van der Waals surface area contributed by atoms with Crippen molar-refractivity contribution in [3.8, 4) is 5.75 Å². The standard InChI is InChI=1S/C19H20ClN3O5/c1-12(2)28-14-6-3-5-13(9-14)10-21-17(24)11-22-19(25)18-15(20)7-4-8-16(18)23(26)27/h3-9,12H,10-11H2,1-2H3,(H,21,24)(H,22,25). The van der Waals surface area contributed by atoms with Crippen molar-refractivity contribution in [2.75, 3.05) is 6.54 Å². The topological polar surface area (TPSA) is 111 Å². The van der Waals surface area contributed by atoms with E-state index in [-0.39, 0.29) is 29.8 Å². The highest BCUT2D eigenvalue weighted by atomic mass is 35.5. The summed E-state index contributed by atoms with van der Waals surface area (Å²) < 4.78 is 5.59. The maximum atomic E-state index is 12.2. The number of rotatable bonds is 8. The number of nitro groups is 1. The number of nitro benzene ring substituents is 1. The summed E-state index contributed by atoms with van der Waals surface area (Å²) in [4.78, 5) is 34.6. The maximum absolute atomic E-state index is 12.2. The number of benzene rings is 2. The first kappa shape index (κ1) is 21.2. The molecule has 0 unspecified atom stereocenters. The van der Waals surface area contributed by atoms with Crippen LogP contribution in [0.15, 0.2) is 42.5 Å². The van der Waals surface area contributed by atoms with Crippen LogP contribution in [-0.2, 0) is 11.3 Å². The minimum absolute atomic E-state index is 0.0360. The van der Waals surface area contributed by atoms with E-state index in [1.54, 1.807) is 0 Å². The van der Waals surface area contributed by atoms with Crippen LogP contribution in [0, 0.1) is 10.1 Å². The summed E-state index contributed by atoms with van der Waals surface area (Å²) in [7, 11) is 0. The van der Waals surface area contributed by atoms with Gasteiger partial charge in [-0.25, -0.2) is 0 Å². The SMILES string of the molecule is CC(C)Oc1cccc(CNC(=O)CNC(=O)c2c(Cl)cccc2[N+](=O)[O-])c1. The normalized spacial score (nSPS) is 10.4. The zero-order chi connectivity index (χ0) is 20.7. The van der Waals surface area contributed by atoms with Gasteiger partial charge in [-0.2, -0.15) is 0 Å². The molecule has 2 amide bonds. The van der Waals surface area contributed by atoms with Gasteiger partial charge < -0.3 is 15.4 Å². The molecule has 0 heterocycles. The van der Waals surface area contributed by atoms with Crippen LogP contribution in [0.5, 0.6) is 5.75 Å². The maximum Gasteiger partial charge on any atom is 0.283 e. The fourth-order valence-electron chi connectivity index (χ4n) is 2.40. The molecule has 0 bridgehead atoms. The lowest BCUT2D eigenvalue weighted by molar-refractivity contribution is -0.385. The molecule has 0 saturated heterocycles. The Labute approximate surface area is 167 Å². The molecule has 148 valence electrons. The zero-order valence-corrected chi connectivity index (χ0v) is 16.2. The number of hydrogen-bond acceptors (Lipinski definition) is 5. The number of carbonyl (C=O) groups is 2. The minimum atomic E-state index is -0.792. The summed E-state index contributed by atoms with van der Waals surface area (Å²) in [5.74, 6) is -0.543. The van der Waals surface area contributed by atoms with Crippen molar-refractivity contribution >= 4 is 29.1 Å². The first-order valence-corrected chi connectivity index (χ1v) is 8.89. The number of halogens is 1. The predicted octanol–water partition coefficient (Wildman–Crippen LogP) is 3.08. The van der Waals surface area contributed by atoms with E-state index in [1.807, 2.05) is 38.1 Å². The molecular weight excluding hydrogens is 386 g/mol. The van der Waals surface area contributed by atoms with E-state index >= 15 is 0 Å². The first-order valence-electron chi connectivity index (χ1n) is 8.51. The quantitative estimate of drug-likeness (QED) is 0.518. The highest BCUT2D eigenvalue weighted by Gasteiger charge is 2.23. The lowest BCUT2D eigenvalue weighted by Gasteiger charge is -2.11. The number of nitrogens with zero attached hydrogens (tertiary/aromatic N) is 1. The largest absolute Gasteiger partial charge is 0.491 e. The summed E-state index contributed by atoms with van der Waals surface area (Å²) in [5.41, 5.74) is 0.132. The fraction of sp³-hybridized carbons (Fsp3) is 0.263. The van der Waals surface area contributed by atoms with Crippen molar-refractivity contribution in [2.45, 2.75) is 26.5 Å². The Balaban J connectivity index is 1.91. The number of nitrogens with one attached hydrogen (secondary N) is 2. The van der Waals surface area contributed by atoms with Crippen molar-refractivity contribution in [3.05, 3.63) is 68.7 Å². The van der Waals surface area contributed by atoms with Gasteiger partial charge in [-0.15, -0.1) is 0 Å². The van der Waals surface area contributed by atoms with Gasteiger partial charge in [-0.3, -0.25) is 19.7 Å². The average molecular weight is 406 g/mol. The Morgan fingerprint density at radius 2 is 1.89 bits per heavy atom. The predicted molar refractivity (Wildman–Crippen MR) is 104 cm³/mol. The Kier molecular flexibility index (Phi) is 7.34. The van der Waals surface area contributed by atoms with Crippen LogP contribution in [0.1, 0.15) is 29.8 Å². The molecular formula is C19H20ClN3O5. The van der Waals surface area contributed by atoms with E-state index in [1.165, 1.54) is 18.2 Å². The fourth-order valence-corrected chi connectivity index (χ4v) is 2.66. The lowest BCUT2D eigenvalue weighted by Crippen LogP contribution is -2.36. The third-order valence-corrected chi connectivity index (χ3v) is 3.90. The number of ether oxygens (including phenoxy) is 1. The molecule has 8 nitrogen and oxygen atoms in total. The monoisotopic (exact) mass is 405 g/mol. The van der Waals surface area contributed by atoms with E-state index in [0.29, 0.717) is 5.75 Å². The van der Waals surface area contributed by atoms with Crippen LogP contribution in [0.4, 0.5) is 5.69 Å². The Morgan fingerprint density at radius 3 is 2.57 bits per heavy atom. The minimum Gasteiger partial charge on any atom is -0.491 e. The van der Waals surface area contributed by atoms with Crippen LogP contribution < -0.4 is 15.4 Å². The van der Waals surface area contributed by atoms with Crippen molar-refractivity contribution < 1.29 is 19.2 Å². The molecule has 0 saturated carbocycles. The van der Waals surface area contributed by atoms with Crippen LogP contribution in [0.3, 0.4) is 0 Å². The molecule has 9 heteroatoms. The molecule has 0 aliphatic rings. The third kappa shape index (κ3) is 5.95. The van der Waals surface area contributed by atoms with Crippen molar-refractivity contribution in [1.29, 1.82) is 0 Å². The summed E-state index contributed by atoms with van der Waals surface area (Å²) in [6.45, 7) is 3.74. The number of hydrogen-bond donors (Lipinski definition) is 2. The molecule has 0 fully saturated rings. The van der Waals surface area contributed by atoms with Gasteiger partial charge in [0.15, 0.2) is 0 Å². The summed E-state index contributed by atoms with van der Waals surface area (Å²) in [6, 6.07) is 11.2. The number of amides is 2.